The molecule has 0 fully saturated rings. The Bertz CT molecular complexity index is 528. The van der Waals surface area contributed by atoms with Gasteiger partial charge < -0.3 is 5.32 Å². The van der Waals surface area contributed by atoms with Crippen molar-refractivity contribution in [2.24, 2.45) is 0 Å². The van der Waals surface area contributed by atoms with Crippen molar-refractivity contribution in [3.8, 4) is 0 Å². The van der Waals surface area contributed by atoms with E-state index in [1.165, 1.54) is 17.4 Å². The van der Waals surface area contributed by atoms with E-state index < -0.39 is 23.5 Å². The molecule has 1 aromatic carbocycles. The first-order valence-corrected chi connectivity index (χ1v) is 6.28. The molecule has 1 N–H and O–H groups in total. The zero-order chi connectivity index (χ0) is 13.1. The van der Waals surface area contributed by atoms with Gasteiger partial charge in [0.2, 0.25) is 0 Å². The van der Waals surface area contributed by atoms with Crippen LogP contribution in [-0.4, -0.2) is 11.5 Å². The molecular formula is C12H11F3N2S. The lowest BCUT2D eigenvalue weighted by atomic mass is 10.0. The van der Waals surface area contributed by atoms with Crippen molar-refractivity contribution in [2.75, 3.05) is 6.54 Å². The Kier molecular flexibility index (Phi) is 3.98. The molecule has 0 radical (unpaired) electrons. The van der Waals surface area contributed by atoms with E-state index in [1.54, 1.807) is 11.7 Å². The second-order valence-electron chi connectivity index (χ2n) is 3.66. The molecule has 1 heterocycles. The summed E-state index contributed by atoms with van der Waals surface area (Å²) in [6.07, 6.45) is 1.58. The molecule has 1 aromatic heterocycles. The molecule has 0 saturated heterocycles. The summed E-state index contributed by atoms with van der Waals surface area (Å²) in [5.41, 5.74) is 1.69. The first-order valence-electron chi connectivity index (χ1n) is 5.40. The summed E-state index contributed by atoms with van der Waals surface area (Å²) in [5, 5.41) is 3.03. The van der Waals surface area contributed by atoms with Crippen LogP contribution in [0.5, 0.6) is 0 Å². The summed E-state index contributed by atoms with van der Waals surface area (Å²) < 4.78 is 39.9. The number of thiazole rings is 1. The summed E-state index contributed by atoms with van der Waals surface area (Å²) in [7, 11) is 0. The van der Waals surface area contributed by atoms with Crippen molar-refractivity contribution >= 4 is 11.3 Å². The molecule has 6 heteroatoms. The number of benzene rings is 1. The molecule has 0 aliphatic carbocycles. The monoisotopic (exact) mass is 272 g/mol. The van der Waals surface area contributed by atoms with Gasteiger partial charge in [-0.15, -0.1) is 11.3 Å². The number of hydrogen-bond acceptors (Lipinski definition) is 3. The summed E-state index contributed by atoms with van der Waals surface area (Å²) >= 11 is 1.33. The van der Waals surface area contributed by atoms with Crippen molar-refractivity contribution in [2.45, 2.75) is 13.0 Å². The van der Waals surface area contributed by atoms with Crippen LogP contribution in [0, 0.1) is 17.5 Å². The largest absolute Gasteiger partial charge is 0.306 e. The predicted molar refractivity (Wildman–Crippen MR) is 63.9 cm³/mol. The van der Waals surface area contributed by atoms with E-state index in [0.717, 1.165) is 10.9 Å². The van der Waals surface area contributed by atoms with Gasteiger partial charge in [-0.1, -0.05) is 13.0 Å². The van der Waals surface area contributed by atoms with Crippen molar-refractivity contribution < 1.29 is 13.2 Å². The molecule has 0 bridgehead atoms. The molecular weight excluding hydrogens is 261 g/mol. The van der Waals surface area contributed by atoms with Gasteiger partial charge in [0.25, 0.3) is 0 Å². The minimum absolute atomic E-state index is 0.0833. The minimum atomic E-state index is -1.44. The van der Waals surface area contributed by atoms with E-state index in [-0.39, 0.29) is 5.56 Å². The van der Waals surface area contributed by atoms with Gasteiger partial charge in [0.05, 0.1) is 11.6 Å². The van der Waals surface area contributed by atoms with Crippen molar-refractivity contribution in [3.63, 3.8) is 0 Å². The lowest BCUT2D eigenvalue weighted by molar-refractivity contribution is 0.434. The molecule has 2 aromatic rings. The van der Waals surface area contributed by atoms with E-state index in [4.69, 9.17) is 0 Å². The maximum atomic E-state index is 13.8. The third kappa shape index (κ3) is 2.39. The van der Waals surface area contributed by atoms with Gasteiger partial charge in [0, 0.05) is 16.6 Å². The second kappa shape index (κ2) is 5.49. The quantitative estimate of drug-likeness (QED) is 0.864. The van der Waals surface area contributed by atoms with Gasteiger partial charge in [-0.05, 0) is 12.6 Å². The lowest BCUT2D eigenvalue weighted by Gasteiger charge is -2.17. The van der Waals surface area contributed by atoms with Crippen LogP contribution >= 0.6 is 11.3 Å². The molecule has 2 rings (SSSR count). The fourth-order valence-electron chi connectivity index (χ4n) is 1.70. The molecule has 0 aliphatic rings. The highest BCUT2D eigenvalue weighted by atomic mass is 32.1. The van der Waals surface area contributed by atoms with Gasteiger partial charge in [0.1, 0.15) is 0 Å². The van der Waals surface area contributed by atoms with E-state index in [9.17, 15) is 13.2 Å². The van der Waals surface area contributed by atoms with Gasteiger partial charge >= 0.3 is 0 Å². The van der Waals surface area contributed by atoms with Crippen LogP contribution in [0.15, 0.2) is 23.8 Å². The maximum Gasteiger partial charge on any atom is 0.194 e. The van der Waals surface area contributed by atoms with Crippen LogP contribution in [0.2, 0.25) is 0 Å². The van der Waals surface area contributed by atoms with E-state index in [1.807, 2.05) is 6.92 Å². The number of rotatable bonds is 4. The highest BCUT2D eigenvalue weighted by Crippen LogP contribution is 2.28. The van der Waals surface area contributed by atoms with E-state index >= 15 is 0 Å². The van der Waals surface area contributed by atoms with Crippen LogP contribution in [0.25, 0.3) is 0 Å². The average Bonchev–Trinajstić information content (AvgIpc) is 2.88. The Morgan fingerprint density at radius 3 is 2.67 bits per heavy atom. The summed E-state index contributed by atoms with van der Waals surface area (Å²) in [6.45, 7) is 2.42. The number of aromatic nitrogens is 1. The first-order chi connectivity index (χ1) is 8.65. The van der Waals surface area contributed by atoms with Crippen molar-refractivity contribution in [1.82, 2.24) is 10.3 Å². The van der Waals surface area contributed by atoms with E-state index in [2.05, 4.69) is 10.3 Å². The van der Waals surface area contributed by atoms with Gasteiger partial charge in [-0.3, -0.25) is 4.98 Å². The molecule has 18 heavy (non-hydrogen) atoms. The standard InChI is InChI=1S/C12H11F3N2S/c1-2-17-12(9-5-16-6-18-9)7-3-4-8(13)11(15)10(7)14/h3-6,12,17H,2H2,1H3. The normalized spacial score (nSPS) is 12.7. The first kappa shape index (κ1) is 13.0. The molecule has 2 nitrogen and oxygen atoms in total. The van der Waals surface area contributed by atoms with Crippen LogP contribution in [0.3, 0.4) is 0 Å². The van der Waals surface area contributed by atoms with Crippen LogP contribution in [0.4, 0.5) is 13.2 Å². The fourth-order valence-corrected chi connectivity index (χ4v) is 2.41. The Morgan fingerprint density at radius 2 is 2.06 bits per heavy atom. The fraction of sp³-hybridized carbons (Fsp3) is 0.250. The molecule has 0 amide bonds. The topological polar surface area (TPSA) is 24.9 Å². The predicted octanol–water partition coefficient (Wildman–Crippen LogP) is 3.26. The average molecular weight is 272 g/mol. The third-order valence-electron chi connectivity index (χ3n) is 2.52. The van der Waals surface area contributed by atoms with E-state index in [0.29, 0.717) is 6.54 Å². The Labute approximate surface area is 106 Å². The van der Waals surface area contributed by atoms with Crippen LogP contribution < -0.4 is 5.32 Å². The Balaban J connectivity index is 2.47. The minimum Gasteiger partial charge on any atom is -0.306 e. The highest BCUT2D eigenvalue weighted by molar-refractivity contribution is 7.09. The maximum absolute atomic E-state index is 13.8. The Morgan fingerprint density at radius 1 is 1.28 bits per heavy atom. The highest BCUT2D eigenvalue weighted by Gasteiger charge is 2.22. The molecule has 0 aliphatic heterocycles. The molecule has 1 atom stereocenters. The number of halogens is 3. The summed E-state index contributed by atoms with van der Waals surface area (Å²) in [4.78, 5) is 4.66. The third-order valence-corrected chi connectivity index (χ3v) is 3.36. The second-order valence-corrected chi connectivity index (χ2v) is 4.58. The number of nitrogens with one attached hydrogen (secondary N) is 1. The summed E-state index contributed by atoms with van der Waals surface area (Å²) in [6, 6.07) is 1.66. The zero-order valence-electron chi connectivity index (χ0n) is 9.58. The number of nitrogens with zero attached hydrogens (tertiary/aromatic N) is 1. The molecule has 1 unspecified atom stereocenters. The number of hydrogen-bond donors (Lipinski definition) is 1. The van der Waals surface area contributed by atoms with Gasteiger partial charge in [0.15, 0.2) is 17.5 Å². The molecule has 96 valence electrons. The zero-order valence-corrected chi connectivity index (χ0v) is 10.4. The molecule has 0 spiro atoms. The lowest BCUT2D eigenvalue weighted by Crippen LogP contribution is -2.22. The van der Waals surface area contributed by atoms with Crippen molar-refractivity contribution in [3.05, 3.63) is 51.7 Å². The SMILES string of the molecule is CCNC(c1cncs1)c1ccc(F)c(F)c1F. The van der Waals surface area contributed by atoms with Crippen molar-refractivity contribution in [1.29, 1.82) is 0 Å². The molecule has 0 saturated carbocycles. The van der Waals surface area contributed by atoms with Gasteiger partial charge in [-0.25, -0.2) is 13.2 Å². The smallest absolute Gasteiger partial charge is 0.194 e. The van der Waals surface area contributed by atoms with Crippen LogP contribution in [0.1, 0.15) is 23.4 Å². The Hall–Kier alpha value is -1.40. The van der Waals surface area contributed by atoms with Gasteiger partial charge in [-0.2, -0.15) is 0 Å². The van der Waals surface area contributed by atoms with Crippen LogP contribution in [-0.2, 0) is 0 Å². The summed E-state index contributed by atoms with van der Waals surface area (Å²) in [5.74, 6) is -3.79.